The summed E-state index contributed by atoms with van der Waals surface area (Å²) in [5.41, 5.74) is 0.0547. The number of thioether (sulfide) groups is 1. The lowest BCUT2D eigenvalue weighted by atomic mass is 10.1. The van der Waals surface area contributed by atoms with E-state index in [4.69, 9.17) is 5.11 Å². The van der Waals surface area contributed by atoms with Gasteiger partial charge in [-0.2, -0.15) is 16.9 Å². The molecule has 1 aromatic rings. The summed E-state index contributed by atoms with van der Waals surface area (Å²) in [6.07, 6.45) is 3.98. The highest BCUT2D eigenvalue weighted by Crippen LogP contribution is 2.51. The quantitative estimate of drug-likeness (QED) is 0.823. The summed E-state index contributed by atoms with van der Waals surface area (Å²) in [5, 5.41) is 13.0. The lowest BCUT2D eigenvalue weighted by Gasteiger charge is -2.12. The van der Waals surface area contributed by atoms with Crippen molar-refractivity contribution in [2.75, 3.05) is 5.75 Å². The Morgan fingerprint density at radius 1 is 1.61 bits per heavy atom. The average Bonchev–Trinajstić information content (AvgIpc) is 2.86. The molecule has 0 unspecified atom stereocenters. The lowest BCUT2D eigenvalue weighted by Crippen LogP contribution is -2.12. The molecule has 0 radical (unpaired) electrons. The minimum absolute atomic E-state index is 0.0547. The van der Waals surface area contributed by atoms with E-state index in [0.29, 0.717) is 12.5 Å². The summed E-state index contributed by atoms with van der Waals surface area (Å²) in [7, 11) is 0. The first kappa shape index (κ1) is 13.4. The molecule has 1 saturated carbocycles. The monoisotopic (exact) mass is 269 g/mol. The van der Waals surface area contributed by atoms with Crippen LogP contribution in [0, 0.1) is 5.41 Å². The van der Waals surface area contributed by atoms with Crippen molar-refractivity contribution in [1.29, 1.82) is 0 Å². The van der Waals surface area contributed by atoms with E-state index in [9.17, 15) is 4.79 Å². The zero-order valence-corrected chi connectivity index (χ0v) is 11.6. The van der Waals surface area contributed by atoms with E-state index in [1.165, 1.54) is 0 Å². The SMILES string of the molecule is CC(C)n1ncnc1CSCC1(CC(=O)O)CC1. The Labute approximate surface area is 111 Å². The summed E-state index contributed by atoms with van der Waals surface area (Å²) < 4.78 is 1.92. The van der Waals surface area contributed by atoms with Crippen LogP contribution in [0.3, 0.4) is 0 Å². The maximum atomic E-state index is 10.8. The van der Waals surface area contributed by atoms with Crippen LogP contribution in [0.2, 0.25) is 0 Å². The fourth-order valence-corrected chi connectivity index (χ4v) is 3.35. The molecular formula is C12H19N3O2S. The molecule has 0 amide bonds. The van der Waals surface area contributed by atoms with Crippen molar-refractivity contribution in [1.82, 2.24) is 14.8 Å². The van der Waals surface area contributed by atoms with Crippen molar-refractivity contribution >= 4 is 17.7 Å². The smallest absolute Gasteiger partial charge is 0.303 e. The second-order valence-corrected chi connectivity index (χ2v) is 6.26. The summed E-state index contributed by atoms with van der Waals surface area (Å²) >= 11 is 1.77. The van der Waals surface area contributed by atoms with E-state index in [1.54, 1.807) is 18.1 Å². The zero-order chi connectivity index (χ0) is 13.2. The highest BCUT2D eigenvalue weighted by molar-refractivity contribution is 7.98. The minimum Gasteiger partial charge on any atom is -0.481 e. The molecule has 0 saturated heterocycles. The van der Waals surface area contributed by atoms with E-state index in [2.05, 4.69) is 23.9 Å². The maximum Gasteiger partial charge on any atom is 0.303 e. The van der Waals surface area contributed by atoms with Crippen molar-refractivity contribution in [3.05, 3.63) is 12.2 Å². The number of carboxylic acid groups (broad SMARTS) is 1. The van der Waals surface area contributed by atoms with E-state index in [-0.39, 0.29) is 5.41 Å². The number of carboxylic acids is 1. The highest BCUT2D eigenvalue weighted by Gasteiger charge is 2.44. The highest BCUT2D eigenvalue weighted by atomic mass is 32.2. The van der Waals surface area contributed by atoms with Crippen LogP contribution in [-0.2, 0) is 10.5 Å². The molecule has 2 rings (SSSR count). The van der Waals surface area contributed by atoms with Crippen molar-refractivity contribution in [2.24, 2.45) is 5.41 Å². The van der Waals surface area contributed by atoms with Gasteiger partial charge in [0.25, 0.3) is 0 Å². The zero-order valence-electron chi connectivity index (χ0n) is 10.8. The molecule has 0 spiro atoms. The molecular weight excluding hydrogens is 250 g/mol. The molecule has 100 valence electrons. The molecule has 0 bridgehead atoms. The van der Waals surface area contributed by atoms with Gasteiger partial charge in [-0.15, -0.1) is 0 Å². The molecule has 18 heavy (non-hydrogen) atoms. The number of carbonyl (C=O) groups is 1. The first-order chi connectivity index (χ1) is 8.52. The summed E-state index contributed by atoms with van der Waals surface area (Å²) in [6.45, 7) is 4.16. The van der Waals surface area contributed by atoms with E-state index in [0.717, 1.165) is 30.2 Å². The van der Waals surface area contributed by atoms with Gasteiger partial charge in [0.05, 0.1) is 12.2 Å². The Bertz CT molecular complexity index is 427. The van der Waals surface area contributed by atoms with Gasteiger partial charge in [-0.25, -0.2) is 9.67 Å². The van der Waals surface area contributed by atoms with Crippen LogP contribution in [-0.4, -0.2) is 31.6 Å². The largest absolute Gasteiger partial charge is 0.481 e. The molecule has 6 heteroatoms. The molecule has 5 nitrogen and oxygen atoms in total. The standard InChI is InChI=1S/C12H19N3O2S/c1-9(2)15-10(13-8-14-15)6-18-7-12(3-4-12)5-11(16)17/h8-9H,3-7H2,1-2H3,(H,16,17). The first-order valence-electron chi connectivity index (χ1n) is 6.20. The van der Waals surface area contributed by atoms with Gasteiger partial charge in [0.1, 0.15) is 12.2 Å². The second-order valence-electron chi connectivity index (χ2n) is 5.28. The van der Waals surface area contributed by atoms with Crippen molar-refractivity contribution in [3.8, 4) is 0 Å². The fourth-order valence-electron chi connectivity index (χ4n) is 2.04. The predicted octanol–water partition coefficient (Wildman–Crippen LogP) is 2.35. The molecule has 0 aromatic carbocycles. The molecule has 1 aromatic heterocycles. The number of rotatable bonds is 7. The molecule has 1 heterocycles. The Kier molecular flexibility index (Phi) is 3.94. The number of aliphatic carboxylic acids is 1. The molecule has 0 atom stereocenters. The van der Waals surface area contributed by atoms with Crippen LogP contribution >= 0.6 is 11.8 Å². The number of hydrogen-bond donors (Lipinski definition) is 1. The Morgan fingerprint density at radius 3 is 2.89 bits per heavy atom. The van der Waals surface area contributed by atoms with Crippen LogP contribution in [0.25, 0.3) is 0 Å². The Balaban J connectivity index is 1.82. The van der Waals surface area contributed by atoms with Gasteiger partial charge < -0.3 is 5.11 Å². The summed E-state index contributed by atoms with van der Waals surface area (Å²) in [6, 6.07) is 0.317. The van der Waals surface area contributed by atoms with Gasteiger partial charge in [-0.3, -0.25) is 4.79 Å². The fraction of sp³-hybridized carbons (Fsp3) is 0.750. The predicted molar refractivity (Wildman–Crippen MR) is 70.5 cm³/mol. The van der Waals surface area contributed by atoms with Crippen molar-refractivity contribution < 1.29 is 9.90 Å². The van der Waals surface area contributed by atoms with Crippen molar-refractivity contribution in [2.45, 2.75) is 44.9 Å². The van der Waals surface area contributed by atoms with Gasteiger partial charge in [-0.1, -0.05) is 0 Å². The Hall–Kier alpha value is -1.04. The van der Waals surface area contributed by atoms with Gasteiger partial charge >= 0.3 is 5.97 Å². The van der Waals surface area contributed by atoms with Crippen molar-refractivity contribution in [3.63, 3.8) is 0 Å². The average molecular weight is 269 g/mol. The number of aromatic nitrogens is 3. The number of hydrogen-bond acceptors (Lipinski definition) is 4. The van der Waals surface area contributed by atoms with Gasteiger partial charge in [0.2, 0.25) is 0 Å². The molecule has 1 aliphatic rings. The van der Waals surface area contributed by atoms with Crippen LogP contribution in [0.15, 0.2) is 6.33 Å². The Morgan fingerprint density at radius 2 is 2.33 bits per heavy atom. The molecule has 0 aliphatic heterocycles. The normalized spacial score (nSPS) is 17.1. The second kappa shape index (κ2) is 5.30. The third kappa shape index (κ3) is 3.25. The lowest BCUT2D eigenvalue weighted by molar-refractivity contribution is -0.138. The molecule has 1 fully saturated rings. The third-order valence-electron chi connectivity index (χ3n) is 3.26. The topological polar surface area (TPSA) is 68.0 Å². The third-order valence-corrected chi connectivity index (χ3v) is 4.54. The number of nitrogens with zero attached hydrogens (tertiary/aromatic N) is 3. The maximum absolute atomic E-state index is 10.8. The van der Waals surface area contributed by atoms with E-state index >= 15 is 0 Å². The van der Waals surface area contributed by atoms with E-state index in [1.807, 2.05) is 4.68 Å². The van der Waals surface area contributed by atoms with Crippen LogP contribution in [0.1, 0.15) is 45.0 Å². The van der Waals surface area contributed by atoms with Crippen LogP contribution < -0.4 is 0 Å². The van der Waals surface area contributed by atoms with Crippen LogP contribution in [0.4, 0.5) is 0 Å². The first-order valence-corrected chi connectivity index (χ1v) is 7.36. The molecule has 1 aliphatic carbocycles. The van der Waals surface area contributed by atoms with Gasteiger partial charge in [0, 0.05) is 6.04 Å². The van der Waals surface area contributed by atoms with Gasteiger partial charge in [-0.05, 0) is 37.9 Å². The summed E-state index contributed by atoms with van der Waals surface area (Å²) in [5.74, 6) is 2.00. The molecule has 1 N–H and O–H groups in total. The minimum atomic E-state index is -0.682. The van der Waals surface area contributed by atoms with Crippen LogP contribution in [0.5, 0.6) is 0 Å². The summed E-state index contributed by atoms with van der Waals surface area (Å²) in [4.78, 5) is 15.0. The van der Waals surface area contributed by atoms with E-state index < -0.39 is 5.97 Å². The van der Waals surface area contributed by atoms with Gasteiger partial charge in [0.15, 0.2) is 0 Å².